The van der Waals surface area contributed by atoms with Crippen molar-refractivity contribution in [2.75, 3.05) is 19.3 Å². The summed E-state index contributed by atoms with van der Waals surface area (Å²) in [4.78, 5) is 7.83. The lowest BCUT2D eigenvalue weighted by Gasteiger charge is -2.32. The molecular weight excluding hydrogens is 346 g/mol. The molecule has 6 heteroatoms. The summed E-state index contributed by atoms with van der Waals surface area (Å²) in [5.41, 5.74) is 1.57. The van der Waals surface area contributed by atoms with Gasteiger partial charge in [0.2, 0.25) is 5.88 Å². The average Bonchev–Trinajstić information content (AvgIpc) is 2.66. The molecule has 1 aromatic carbocycles. The molecule has 1 fully saturated rings. The number of oxime groups is 1. The van der Waals surface area contributed by atoms with E-state index < -0.39 is 0 Å². The van der Waals surface area contributed by atoms with Crippen LogP contribution in [0.1, 0.15) is 31.0 Å². The first-order chi connectivity index (χ1) is 12.6. The third-order valence-corrected chi connectivity index (χ3v) is 5.44. The van der Waals surface area contributed by atoms with Crippen molar-refractivity contribution in [3.63, 3.8) is 0 Å². The molecule has 0 unspecified atom stereocenters. The normalized spacial score (nSPS) is 16.0. The largest absolute Gasteiger partial charge is 0.438 e. The van der Waals surface area contributed by atoms with Crippen LogP contribution in [0.4, 0.5) is 0 Å². The molecule has 0 bridgehead atoms. The minimum absolute atomic E-state index is 0.466. The minimum atomic E-state index is 0.466. The highest BCUT2D eigenvalue weighted by Crippen LogP contribution is 2.28. The average molecular weight is 372 g/mol. The van der Waals surface area contributed by atoms with Crippen LogP contribution in [0, 0.1) is 12.8 Å². The number of aryl methyl sites for hydroxylation is 1. The molecule has 1 aliphatic heterocycles. The number of aromatic nitrogens is 1. The monoisotopic (exact) mass is 371 g/mol. The zero-order chi connectivity index (χ0) is 18.5. The van der Waals surface area contributed by atoms with Gasteiger partial charge in [0, 0.05) is 23.7 Å². The van der Waals surface area contributed by atoms with Crippen molar-refractivity contribution in [2.24, 2.45) is 11.1 Å². The van der Waals surface area contributed by atoms with Crippen molar-refractivity contribution in [2.45, 2.75) is 31.6 Å². The lowest BCUT2D eigenvalue weighted by Crippen LogP contribution is -2.38. The maximum absolute atomic E-state index is 9.69. The lowest BCUT2D eigenvalue weighted by molar-refractivity contribution is 0.257. The molecule has 0 amide bonds. The summed E-state index contributed by atoms with van der Waals surface area (Å²) in [5.74, 6) is 2.41. The Bertz CT molecular complexity index is 769. The Morgan fingerprint density at radius 1 is 1.19 bits per heavy atom. The molecule has 26 heavy (non-hydrogen) atoms. The molecule has 2 aromatic rings. The predicted octanol–water partition coefficient (Wildman–Crippen LogP) is 4.77. The van der Waals surface area contributed by atoms with Gasteiger partial charge in [-0.25, -0.2) is 4.98 Å². The van der Waals surface area contributed by atoms with Crippen LogP contribution in [0.5, 0.6) is 11.6 Å². The van der Waals surface area contributed by atoms with Gasteiger partial charge in [-0.15, -0.1) is 11.8 Å². The highest BCUT2D eigenvalue weighted by atomic mass is 32.2. The summed E-state index contributed by atoms with van der Waals surface area (Å²) in [7, 11) is 0. The van der Waals surface area contributed by atoms with E-state index >= 15 is 0 Å². The van der Waals surface area contributed by atoms with Crippen molar-refractivity contribution in [3.05, 3.63) is 47.7 Å². The summed E-state index contributed by atoms with van der Waals surface area (Å²) in [6.07, 6.45) is 4.22. The van der Waals surface area contributed by atoms with Crippen molar-refractivity contribution in [1.29, 1.82) is 0 Å². The fourth-order valence-electron chi connectivity index (χ4n) is 3.04. The first kappa shape index (κ1) is 18.6. The van der Waals surface area contributed by atoms with E-state index in [1.54, 1.807) is 11.8 Å². The third-order valence-electron chi connectivity index (χ3n) is 4.69. The molecule has 0 atom stereocenters. The van der Waals surface area contributed by atoms with E-state index in [0.29, 0.717) is 28.9 Å². The van der Waals surface area contributed by atoms with E-state index in [4.69, 9.17) is 4.74 Å². The summed E-state index contributed by atoms with van der Waals surface area (Å²) in [6.45, 7) is 5.92. The Morgan fingerprint density at radius 3 is 2.50 bits per heavy atom. The Balaban J connectivity index is 1.89. The van der Waals surface area contributed by atoms with Crippen molar-refractivity contribution >= 4 is 17.6 Å². The van der Waals surface area contributed by atoms with Crippen LogP contribution in [-0.4, -0.2) is 40.3 Å². The van der Waals surface area contributed by atoms with Gasteiger partial charge in [-0.05, 0) is 68.3 Å². The van der Waals surface area contributed by atoms with Gasteiger partial charge < -0.3 is 14.8 Å². The van der Waals surface area contributed by atoms with Crippen LogP contribution < -0.4 is 4.74 Å². The van der Waals surface area contributed by atoms with E-state index in [1.807, 2.05) is 49.6 Å². The summed E-state index contributed by atoms with van der Waals surface area (Å²) < 4.78 is 6.05. The smallest absolute Gasteiger partial charge is 0.230 e. The molecule has 3 rings (SSSR count). The van der Waals surface area contributed by atoms with E-state index in [9.17, 15) is 5.21 Å². The molecule has 1 N–H and O–H groups in total. The van der Waals surface area contributed by atoms with Gasteiger partial charge in [-0.2, -0.15) is 0 Å². The Labute approximate surface area is 159 Å². The number of piperidine rings is 1. The Hall–Kier alpha value is -2.21. The molecule has 138 valence electrons. The van der Waals surface area contributed by atoms with Crippen LogP contribution in [0.2, 0.25) is 0 Å². The Kier molecular flexibility index (Phi) is 6.04. The second-order valence-electron chi connectivity index (χ2n) is 6.68. The minimum Gasteiger partial charge on any atom is -0.438 e. The Morgan fingerprint density at radius 2 is 1.88 bits per heavy atom. The highest BCUT2D eigenvalue weighted by molar-refractivity contribution is 7.98. The van der Waals surface area contributed by atoms with E-state index in [2.05, 4.69) is 22.0 Å². The molecular formula is C20H25N3O2S. The number of ether oxygens (including phenoxy) is 1. The molecule has 5 nitrogen and oxygen atoms in total. The van der Waals surface area contributed by atoms with Crippen LogP contribution in [-0.2, 0) is 0 Å². The molecule has 0 aliphatic carbocycles. The number of benzene rings is 1. The zero-order valence-electron chi connectivity index (χ0n) is 15.5. The van der Waals surface area contributed by atoms with Crippen molar-refractivity contribution in [1.82, 2.24) is 9.88 Å². The van der Waals surface area contributed by atoms with E-state index in [-0.39, 0.29) is 0 Å². The SMILES string of the molecule is CSc1ccc(Oc2nc(C)ccc2/C(=N/O)N2CCC(C)CC2)cc1. The van der Waals surface area contributed by atoms with Gasteiger partial charge in [0.05, 0.1) is 5.56 Å². The maximum atomic E-state index is 9.69. The number of rotatable bonds is 4. The topological polar surface area (TPSA) is 58.0 Å². The third kappa shape index (κ3) is 4.30. The molecule has 0 saturated carbocycles. The zero-order valence-corrected chi connectivity index (χ0v) is 16.3. The number of pyridine rings is 1. The van der Waals surface area contributed by atoms with Gasteiger partial charge in [0.1, 0.15) is 5.75 Å². The van der Waals surface area contributed by atoms with Crippen LogP contribution in [0.25, 0.3) is 0 Å². The van der Waals surface area contributed by atoms with Crippen LogP contribution >= 0.6 is 11.8 Å². The second-order valence-corrected chi connectivity index (χ2v) is 7.56. The fourth-order valence-corrected chi connectivity index (χ4v) is 3.45. The fraction of sp³-hybridized carbons (Fsp3) is 0.400. The highest BCUT2D eigenvalue weighted by Gasteiger charge is 2.24. The molecule has 1 saturated heterocycles. The first-order valence-electron chi connectivity index (χ1n) is 8.87. The van der Waals surface area contributed by atoms with Crippen LogP contribution in [0.3, 0.4) is 0 Å². The van der Waals surface area contributed by atoms with Gasteiger partial charge in [-0.3, -0.25) is 0 Å². The van der Waals surface area contributed by atoms with Gasteiger partial charge in [0.15, 0.2) is 5.84 Å². The number of likely N-dealkylation sites (tertiary alicyclic amines) is 1. The number of amidine groups is 1. The van der Waals surface area contributed by atoms with Crippen LogP contribution in [0.15, 0.2) is 46.4 Å². The molecule has 1 aromatic heterocycles. The van der Waals surface area contributed by atoms with E-state index in [0.717, 1.165) is 31.6 Å². The van der Waals surface area contributed by atoms with Gasteiger partial charge in [-0.1, -0.05) is 12.1 Å². The number of hydrogen-bond donors (Lipinski definition) is 1. The first-order valence-corrected chi connectivity index (χ1v) is 10.1. The van der Waals surface area contributed by atoms with Gasteiger partial charge in [0.25, 0.3) is 0 Å². The second kappa shape index (κ2) is 8.45. The summed E-state index contributed by atoms with van der Waals surface area (Å²) >= 11 is 1.69. The molecule has 0 radical (unpaired) electrons. The predicted molar refractivity (Wildman–Crippen MR) is 106 cm³/mol. The van der Waals surface area contributed by atoms with E-state index in [1.165, 1.54) is 4.90 Å². The quantitative estimate of drug-likeness (QED) is 0.276. The van der Waals surface area contributed by atoms with Gasteiger partial charge >= 0.3 is 0 Å². The van der Waals surface area contributed by atoms with Crippen molar-refractivity contribution < 1.29 is 9.94 Å². The number of thioether (sulfide) groups is 1. The van der Waals surface area contributed by atoms with Crippen molar-refractivity contribution in [3.8, 4) is 11.6 Å². The number of hydrogen-bond acceptors (Lipinski definition) is 5. The summed E-state index contributed by atoms with van der Waals surface area (Å²) in [6, 6.07) is 11.7. The summed E-state index contributed by atoms with van der Waals surface area (Å²) in [5, 5.41) is 13.3. The maximum Gasteiger partial charge on any atom is 0.230 e. The molecule has 0 spiro atoms. The molecule has 2 heterocycles. The molecule has 1 aliphatic rings. The lowest BCUT2D eigenvalue weighted by atomic mass is 9.98. The number of nitrogens with zero attached hydrogens (tertiary/aromatic N) is 3. The standard InChI is InChI=1S/C20H25N3O2S/c1-14-10-12-23(13-11-14)19(22-24)18-9-4-15(2)21-20(18)25-16-5-7-17(26-3)8-6-16/h4-9,14,24H,10-13H2,1-3H3/b22-19-.